The van der Waals surface area contributed by atoms with Gasteiger partial charge >= 0.3 is 6.18 Å². The normalized spacial score (nSPS) is 18.9. The molecule has 20 heavy (non-hydrogen) atoms. The molecule has 0 spiro atoms. The Bertz CT molecular complexity index is 451. The molecule has 0 radical (unpaired) electrons. The lowest BCUT2D eigenvalue weighted by atomic mass is 9.78. The summed E-state index contributed by atoms with van der Waals surface area (Å²) in [5.41, 5.74) is 0.295. The maximum absolute atomic E-state index is 12.8. The number of rotatable bonds is 6. The van der Waals surface area contributed by atoms with Crippen molar-refractivity contribution in [1.29, 1.82) is 0 Å². The highest BCUT2D eigenvalue weighted by molar-refractivity contribution is 5.27. The first-order chi connectivity index (χ1) is 9.35. The second-order valence-electron chi connectivity index (χ2n) is 6.08. The van der Waals surface area contributed by atoms with Crippen LogP contribution in [0.2, 0.25) is 0 Å². The molecular formula is C16H22F3N. The lowest BCUT2D eigenvalue weighted by Crippen LogP contribution is -2.35. The van der Waals surface area contributed by atoms with Crippen LogP contribution < -0.4 is 5.32 Å². The molecule has 1 aromatic carbocycles. The van der Waals surface area contributed by atoms with Crippen molar-refractivity contribution in [2.75, 3.05) is 13.1 Å². The van der Waals surface area contributed by atoms with Gasteiger partial charge in [-0.3, -0.25) is 0 Å². The molecule has 1 saturated carbocycles. The van der Waals surface area contributed by atoms with Crippen LogP contribution in [0.25, 0.3) is 0 Å². The van der Waals surface area contributed by atoms with E-state index < -0.39 is 11.7 Å². The summed E-state index contributed by atoms with van der Waals surface area (Å²) in [5.74, 6) is 0.635. The number of hydrogen-bond acceptors (Lipinski definition) is 1. The predicted molar refractivity (Wildman–Crippen MR) is 74.5 cm³/mol. The third kappa shape index (κ3) is 3.75. The van der Waals surface area contributed by atoms with Gasteiger partial charge in [-0.25, -0.2) is 0 Å². The van der Waals surface area contributed by atoms with E-state index in [0.717, 1.165) is 24.7 Å². The highest BCUT2D eigenvalue weighted by Gasteiger charge is 2.41. The Balaban J connectivity index is 2.14. The number of alkyl halides is 3. The second-order valence-corrected chi connectivity index (χ2v) is 6.08. The van der Waals surface area contributed by atoms with E-state index in [1.54, 1.807) is 0 Å². The number of benzene rings is 1. The van der Waals surface area contributed by atoms with Gasteiger partial charge in [0.05, 0.1) is 5.56 Å². The van der Waals surface area contributed by atoms with Crippen molar-refractivity contribution in [2.45, 2.75) is 39.3 Å². The molecule has 1 N–H and O–H groups in total. The summed E-state index contributed by atoms with van der Waals surface area (Å²) in [7, 11) is 0. The van der Waals surface area contributed by atoms with Gasteiger partial charge in [0.1, 0.15) is 0 Å². The van der Waals surface area contributed by atoms with Crippen molar-refractivity contribution in [3.8, 4) is 0 Å². The summed E-state index contributed by atoms with van der Waals surface area (Å²) >= 11 is 0. The number of hydrogen-bond donors (Lipinski definition) is 1. The molecule has 112 valence electrons. The van der Waals surface area contributed by atoms with E-state index >= 15 is 0 Å². The molecule has 0 aromatic heterocycles. The minimum atomic E-state index is -4.26. The molecule has 4 heteroatoms. The molecule has 0 amide bonds. The SMILES string of the molecule is CCNCC(C)(Cc1cccc(C(F)(F)F)c1)C1CC1. The summed E-state index contributed by atoms with van der Waals surface area (Å²) in [4.78, 5) is 0. The maximum Gasteiger partial charge on any atom is 0.416 e. The minimum absolute atomic E-state index is 0.0558. The fraction of sp³-hybridized carbons (Fsp3) is 0.625. The van der Waals surface area contributed by atoms with Gasteiger partial charge < -0.3 is 5.32 Å². The Morgan fingerprint density at radius 2 is 1.95 bits per heavy atom. The van der Waals surface area contributed by atoms with Gasteiger partial charge in [0.2, 0.25) is 0 Å². The molecule has 0 saturated heterocycles. The fourth-order valence-electron chi connectivity index (χ4n) is 2.87. The van der Waals surface area contributed by atoms with Crippen LogP contribution in [0, 0.1) is 11.3 Å². The standard InChI is InChI=1S/C16H22F3N/c1-3-20-11-15(2,13-7-8-13)10-12-5-4-6-14(9-12)16(17,18)19/h4-6,9,13,20H,3,7-8,10-11H2,1-2H3. The Morgan fingerprint density at radius 3 is 2.50 bits per heavy atom. The van der Waals surface area contributed by atoms with Crippen LogP contribution in [0.15, 0.2) is 24.3 Å². The van der Waals surface area contributed by atoms with Gasteiger partial charge in [-0.2, -0.15) is 13.2 Å². The predicted octanol–water partition coefficient (Wildman–Crippen LogP) is 4.27. The van der Waals surface area contributed by atoms with E-state index in [-0.39, 0.29) is 5.41 Å². The van der Waals surface area contributed by atoms with Crippen LogP contribution in [0.3, 0.4) is 0 Å². The van der Waals surface area contributed by atoms with Gasteiger partial charge in [-0.15, -0.1) is 0 Å². The summed E-state index contributed by atoms with van der Waals surface area (Å²) in [6.07, 6.45) is -1.16. The van der Waals surface area contributed by atoms with Gasteiger partial charge in [-0.05, 0) is 48.8 Å². The van der Waals surface area contributed by atoms with Crippen molar-refractivity contribution in [3.63, 3.8) is 0 Å². The third-order valence-electron chi connectivity index (χ3n) is 4.20. The number of nitrogens with one attached hydrogen (secondary N) is 1. The monoisotopic (exact) mass is 285 g/mol. The Hall–Kier alpha value is -1.03. The van der Waals surface area contributed by atoms with E-state index in [4.69, 9.17) is 0 Å². The first kappa shape index (κ1) is 15.4. The molecule has 0 aliphatic heterocycles. The summed E-state index contributed by atoms with van der Waals surface area (Å²) < 4.78 is 38.3. The van der Waals surface area contributed by atoms with E-state index in [9.17, 15) is 13.2 Å². The molecule has 0 bridgehead atoms. The molecule has 1 unspecified atom stereocenters. The highest BCUT2D eigenvalue weighted by atomic mass is 19.4. The number of halogens is 3. The van der Waals surface area contributed by atoms with Crippen LogP contribution in [-0.4, -0.2) is 13.1 Å². The van der Waals surface area contributed by atoms with Crippen molar-refractivity contribution >= 4 is 0 Å². The molecule has 1 aromatic rings. The van der Waals surface area contributed by atoms with Crippen LogP contribution in [0.1, 0.15) is 37.8 Å². The molecule has 0 heterocycles. The van der Waals surface area contributed by atoms with Gasteiger partial charge in [0, 0.05) is 6.54 Å². The average molecular weight is 285 g/mol. The third-order valence-corrected chi connectivity index (χ3v) is 4.20. The van der Waals surface area contributed by atoms with Gasteiger partial charge in [0.15, 0.2) is 0 Å². The van der Waals surface area contributed by atoms with Gasteiger partial charge in [-0.1, -0.05) is 32.0 Å². The van der Waals surface area contributed by atoms with Crippen molar-refractivity contribution in [1.82, 2.24) is 5.32 Å². The van der Waals surface area contributed by atoms with Crippen LogP contribution in [0.4, 0.5) is 13.2 Å². The largest absolute Gasteiger partial charge is 0.416 e. The van der Waals surface area contributed by atoms with E-state index in [1.807, 2.05) is 6.07 Å². The molecule has 1 aliphatic carbocycles. The van der Waals surface area contributed by atoms with Crippen LogP contribution in [-0.2, 0) is 12.6 Å². The molecular weight excluding hydrogens is 263 g/mol. The van der Waals surface area contributed by atoms with Crippen molar-refractivity contribution in [2.24, 2.45) is 11.3 Å². The zero-order valence-electron chi connectivity index (χ0n) is 12.1. The Labute approximate surface area is 118 Å². The summed E-state index contributed by atoms with van der Waals surface area (Å²) in [6.45, 7) is 6.00. The maximum atomic E-state index is 12.8. The van der Waals surface area contributed by atoms with Crippen molar-refractivity contribution in [3.05, 3.63) is 35.4 Å². The summed E-state index contributed by atoms with van der Waals surface area (Å²) in [6, 6.07) is 5.76. The zero-order valence-corrected chi connectivity index (χ0v) is 12.1. The molecule has 1 atom stereocenters. The molecule has 1 fully saturated rings. The smallest absolute Gasteiger partial charge is 0.316 e. The van der Waals surface area contributed by atoms with E-state index in [2.05, 4.69) is 19.2 Å². The fourth-order valence-corrected chi connectivity index (χ4v) is 2.87. The van der Waals surface area contributed by atoms with Crippen LogP contribution >= 0.6 is 0 Å². The first-order valence-corrected chi connectivity index (χ1v) is 7.22. The van der Waals surface area contributed by atoms with E-state index in [1.165, 1.54) is 25.0 Å². The minimum Gasteiger partial charge on any atom is -0.316 e. The average Bonchev–Trinajstić information content (AvgIpc) is 3.20. The van der Waals surface area contributed by atoms with Crippen LogP contribution in [0.5, 0.6) is 0 Å². The zero-order chi connectivity index (χ0) is 14.8. The topological polar surface area (TPSA) is 12.0 Å². The lowest BCUT2D eigenvalue weighted by Gasteiger charge is -2.30. The Morgan fingerprint density at radius 1 is 1.25 bits per heavy atom. The lowest BCUT2D eigenvalue weighted by molar-refractivity contribution is -0.137. The highest BCUT2D eigenvalue weighted by Crippen LogP contribution is 2.47. The molecule has 1 nitrogen and oxygen atoms in total. The first-order valence-electron chi connectivity index (χ1n) is 7.22. The summed E-state index contributed by atoms with van der Waals surface area (Å²) in [5, 5.41) is 3.35. The molecule has 1 aliphatic rings. The molecule has 2 rings (SSSR count). The van der Waals surface area contributed by atoms with Gasteiger partial charge in [0.25, 0.3) is 0 Å². The quantitative estimate of drug-likeness (QED) is 0.823. The van der Waals surface area contributed by atoms with E-state index in [0.29, 0.717) is 12.3 Å². The Kier molecular flexibility index (Phi) is 4.43. The second kappa shape index (κ2) is 5.76. The van der Waals surface area contributed by atoms with Crippen molar-refractivity contribution < 1.29 is 13.2 Å².